The molecule has 44 heavy (non-hydrogen) atoms. The molecule has 0 saturated carbocycles. The van der Waals surface area contributed by atoms with Gasteiger partial charge in [0, 0.05) is 0 Å². The van der Waals surface area contributed by atoms with Crippen molar-refractivity contribution in [1.29, 1.82) is 0 Å². The topological polar surface area (TPSA) is 249 Å². The lowest BCUT2D eigenvalue weighted by atomic mass is 10.1. The van der Waals surface area contributed by atoms with Gasteiger partial charge in [-0.2, -0.15) is 0 Å². The van der Waals surface area contributed by atoms with E-state index in [9.17, 15) is 14.0 Å². The smallest absolute Gasteiger partial charge is 0.382 e. The number of nitrogens with two attached hydrogens (primary N) is 2. The van der Waals surface area contributed by atoms with Crippen molar-refractivity contribution in [3.8, 4) is 0 Å². The maximum Gasteiger partial charge on any atom is 0.472 e. The molecule has 3 saturated heterocycles. The number of hydrogen-bond acceptors (Lipinski definition) is 16. The summed E-state index contributed by atoms with van der Waals surface area (Å²) in [5, 5.41) is 0. The van der Waals surface area contributed by atoms with Crippen LogP contribution in [0, 0.1) is 0 Å². The molecule has 5 N–H and O–H groups in total. The van der Waals surface area contributed by atoms with E-state index in [1.54, 1.807) is 0 Å². The lowest BCUT2D eigenvalue weighted by Crippen LogP contribution is -2.34. The Morgan fingerprint density at radius 2 is 1.36 bits per heavy atom. The van der Waals surface area contributed by atoms with Crippen LogP contribution >= 0.6 is 15.3 Å². The number of fused-ring (bicyclic) bond motifs is 5. The van der Waals surface area contributed by atoms with Crippen LogP contribution in [0.4, 0.5) is 20.4 Å². The summed E-state index contributed by atoms with van der Waals surface area (Å²) in [4.78, 5) is 34.8. The quantitative estimate of drug-likeness (QED) is 0.184. The van der Waals surface area contributed by atoms with Crippen molar-refractivity contribution in [2.75, 3.05) is 24.7 Å². The fourth-order valence-corrected chi connectivity index (χ4v) is 6.78. The second kappa shape index (κ2) is 10.7. The third-order valence-electron chi connectivity index (χ3n) is 7.06. The third kappa shape index (κ3) is 5.05. The number of halogens is 2. The van der Waals surface area contributed by atoms with Crippen molar-refractivity contribution in [3.05, 3.63) is 25.3 Å². The number of phosphoric acid groups is 1. The van der Waals surface area contributed by atoms with Crippen molar-refractivity contribution >= 4 is 56.8 Å². The lowest BCUT2D eigenvalue weighted by Gasteiger charge is -2.28. The van der Waals surface area contributed by atoms with E-state index in [2.05, 4.69) is 29.9 Å². The summed E-state index contributed by atoms with van der Waals surface area (Å²) in [5.74, 6) is 0.0817. The van der Waals surface area contributed by atoms with Gasteiger partial charge >= 0.3 is 7.82 Å². The van der Waals surface area contributed by atoms with Gasteiger partial charge in [-0.05, 0) is 0 Å². The zero-order valence-electron chi connectivity index (χ0n) is 21.4. The molecule has 19 nitrogen and oxygen atoms in total. The molecule has 7 rings (SSSR count). The lowest BCUT2D eigenvalue weighted by molar-refractivity contribution is -0.0630. The van der Waals surface area contributed by atoms with E-state index in [-0.39, 0.29) is 34.0 Å². The van der Waals surface area contributed by atoms with Crippen LogP contribution in [0.25, 0.3) is 22.3 Å². The Hall–Kier alpha value is -3.20. The number of rotatable bonds is 2. The first kappa shape index (κ1) is 29.5. The van der Waals surface area contributed by atoms with Crippen LogP contribution in [0.5, 0.6) is 0 Å². The second-order valence-corrected chi connectivity index (χ2v) is 11.9. The number of anilines is 2. The summed E-state index contributed by atoms with van der Waals surface area (Å²) >= 11 is 0. The summed E-state index contributed by atoms with van der Waals surface area (Å²) in [6, 6.07) is 0. The van der Waals surface area contributed by atoms with E-state index in [0.29, 0.717) is 0 Å². The van der Waals surface area contributed by atoms with Crippen molar-refractivity contribution in [3.63, 3.8) is 0 Å². The van der Waals surface area contributed by atoms with Crippen LogP contribution in [-0.4, -0.2) is 101 Å². The number of imidazole rings is 2. The molecule has 2 bridgehead atoms. The summed E-state index contributed by atoms with van der Waals surface area (Å²) in [6.45, 7) is -1.39. The normalized spacial score (nSPS) is 38.3. The van der Waals surface area contributed by atoms with E-state index in [4.69, 9.17) is 39.0 Å². The predicted octanol–water partition coefficient (Wildman–Crippen LogP) is -0.307. The molecular weight excluding hydrogens is 635 g/mol. The van der Waals surface area contributed by atoms with Gasteiger partial charge in [-0.3, -0.25) is 18.2 Å². The number of nitrogen functional groups attached to an aromatic ring is 2. The van der Waals surface area contributed by atoms with Gasteiger partial charge in [0.05, 0.1) is 33.4 Å². The molecule has 10 atom stereocenters. The summed E-state index contributed by atoms with van der Waals surface area (Å²) < 4.78 is 94.2. The molecule has 0 radical (unpaired) electrons. The number of alkyl halides is 2. The van der Waals surface area contributed by atoms with Crippen molar-refractivity contribution in [2.24, 2.45) is 0 Å². The molecule has 0 spiro atoms. The van der Waals surface area contributed by atoms with Crippen LogP contribution in [0.2, 0.25) is 0 Å². The molecule has 0 amide bonds. The minimum Gasteiger partial charge on any atom is -0.382 e. The minimum atomic E-state index is -5.09. The SMILES string of the molecule is [BH3-]P1(=O)OC[C@H]2O[C@@H](n3cnc4c(N)ncnc43)[C@H](OP(=O)(O)OC[C@H]3O[C@@H](n4cnc5c(N)ncnc54)[C@H](F)[C@@H]3O1)[C@@H]2F. The minimum absolute atomic E-state index is 0.0346. The van der Waals surface area contributed by atoms with E-state index in [1.165, 1.54) is 21.8 Å². The Morgan fingerprint density at radius 1 is 0.795 bits per heavy atom. The summed E-state index contributed by atoms with van der Waals surface area (Å²) in [6.07, 6.45) is -8.38. The molecule has 7 heterocycles. The van der Waals surface area contributed by atoms with Crippen LogP contribution in [0.15, 0.2) is 25.3 Å². The number of phosphoric ester groups is 1. The van der Waals surface area contributed by atoms with Gasteiger partial charge in [0.15, 0.2) is 47.7 Å². The Kier molecular flexibility index (Phi) is 7.18. The zero-order chi connectivity index (χ0) is 31.0. The highest BCUT2D eigenvalue weighted by molar-refractivity contribution is 7.79. The average Bonchev–Trinajstić information content (AvgIpc) is 3.73. The molecule has 0 aromatic carbocycles. The number of ether oxygens (including phenoxy) is 2. The molecule has 0 aliphatic carbocycles. The van der Waals surface area contributed by atoms with Gasteiger partial charge in [-0.1, -0.05) is 0 Å². The van der Waals surface area contributed by atoms with Crippen molar-refractivity contribution in [2.45, 2.75) is 49.2 Å². The Labute approximate surface area is 245 Å². The van der Waals surface area contributed by atoms with Crippen LogP contribution in [0.3, 0.4) is 0 Å². The highest BCUT2D eigenvalue weighted by atomic mass is 31.2. The van der Waals surface area contributed by atoms with E-state index >= 15 is 8.78 Å². The molecule has 3 aliphatic rings. The maximum atomic E-state index is 16.0. The van der Waals surface area contributed by atoms with Gasteiger partial charge in [-0.25, -0.2) is 43.2 Å². The van der Waals surface area contributed by atoms with E-state index in [0.717, 1.165) is 12.7 Å². The third-order valence-corrected chi connectivity index (χ3v) is 8.82. The highest BCUT2D eigenvalue weighted by Gasteiger charge is 2.54. The first-order chi connectivity index (χ1) is 20.9. The average molecular weight is 659 g/mol. The van der Waals surface area contributed by atoms with Gasteiger partial charge in [0.2, 0.25) is 0 Å². The van der Waals surface area contributed by atoms with E-state index < -0.39 is 85.3 Å². The fraction of sp³-hybridized carbons (Fsp3) is 0.500. The fourth-order valence-electron chi connectivity index (χ4n) is 5.07. The largest absolute Gasteiger partial charge is 0.472 e. The summed E-state index contributed by atoms with van der Waals surface area (Å²) in [5.41, 5.74) is 12.3. The molecule has 4 aromatic heterocycles. The molecule has 236 valence electrons. The summed E-state index contributed by atoms with van der Waals surface area (Å²) in [7, 11) is -10.3. The van der Waals surface area contributed by atoms with E-state index in [1.807, 2.05) is 0 Å². The number of nitrogens with zero attached hydrogens (tertiary/aromatic N) is 8. The number of aromatic nitrogens is 8. The van der Waals surface area contributed by atoms with Gasteiger partial charge in [-0.15, -0.1) is 0 Å². The Morgan fingerprint density at radius 3 is 2.00 bits per heavy atom. The molecule has 24 heteroatoms. The molecule has 4 aromatic rings. The van der Waals surface area contributed by atoms with Crippen LogP contribution in [-0.2, 0) is 36.7 Å². The number of hydrogen-bond donors (Lipinski definition) is 3. The zero-order valence-corrected chi connectivity index (χ0v) is 23.2. The monoisotopic (exact) mass is 659 g/mol. The molecule has 3 aliphatic heterocycles. The van der Waals surface area contributed by atoms with Crippen molar-refractivity contribution < 1.29 is 50.4 Å². The first-order valence-electron chi connectivity index (χ1n) is 12.5. The second-order valence-electron chi connectivity index (χ2n) is 9.61. The predicted molar refractivity (Wildman–Crippen MR) is 146 cm³/mol. The molecular formula is C20H24BF2N10O9P2-. The van der Waals surface area contributed by atoms with Crippen molar-refractivity contribution in [1.82, 2.24) is 39.0 Å². The van der Waals surface area contributed by atoms with Crippen LogP contribution in [0.1, 0.15) is 12.5 Å². The highest BCUT2D eigenvalue weighted by Crippen LogP contribution is 2.54. The standard InChI is InChI=1S/C20H24BF2N10O9P2/c21-43(34)37-1-7-9(22)14(20(39-7)33-6-31-12-16(25)27-4-29-18(12)33)42-44(35,36)38-2-8-13(41-43)10(23)19(40-8)32-5-30-11-15(24)26-3-28-17(11)32/h3-10,13-14,19-20H,1-2H2,21H3,(H,35,36)(H2,24,26,28)(H2,25,27,29)/q-1/t7-,8-,9-,10-,13-,14-,19-,20-,43?/m1/s1. The van der Waals surface area contributed by atoms with Gasteiger partial charge < -0.3 is 39.4 Å². The first-order valence-corrected chi connectivity index (χ1v) is 15.1. The Bertz CT molecular complexity index is 1840. The van der Waals surface area contributed by atoms with Gasteiger partial charge in [0.25, 0.3) is 0 Å². The Balaban J connectivity index is 1.20. The maximum absolute atomic E-state index is 16.0. The van der Waals surface area contributed by atoms with Gasteiger partial charge in [0.1, 0.15) is 55.6 Å². The van der Waals surface area contributed by atoms with Crippen LogP contribution < -0.4 is 11.5 Å². The molecule has 2 unspecified atom stereocenters. The molecule has 3 fully saturated rings.